The summed E-state index contributed by atoms with van der Waals surface area (Å²) in [6.07, 6.45) is 10.8. The number of Topliss-reactive ketones (excluding diaryl/α,β-unsaturated/α-hetero) is 2. The second kappa shape index (κ2) is 8.29. The molecule has 0 radical (unpaired) electrons. The first-order valence-electron chi connectivity index (χ1n) is 13.9. The molecular weight excluding hydrogens is 508 g/mol. The van der Waals surface area contributed by atoms with Gasteiger partial charge in [-0.1, -0.05) is 23.8 Å². The van der Waals surface area contributed by atoms with Crippen LogP contribution in [0.2, 0.25) is 0 Å². The van der Waals surface area contributed by atoms with E-state index in [1.54, 1.807) is 25.2 Å². The monoisotopic (exact) mass is 544 g/mol. The number of ketones is 2. The Morgan fingerprint density at radius 3 is 2.48 bits per heavy atom. The molecule has 1 spiro atoms. The first kappa shape index (κ1) is 26.8. The van der Waals surface area contributed by atoms with E-state index in [0.717, 1.165) is 11.9 Å². The smallest absolute Gasteiger partial charge is 0.200 e. The summed E-state index contributed by atoms with van der Waals surface area (Å²) >= 11 is 0. The fourth-order valence-electron chi connectivity index (χ4n) is 7.41. The third-order valence-electron chi connectivity index (χ3n) is 9.23. The highest BCUT2D eigenvalue weighted by Gasteiger charge is 2.81. The van der Waals surface area contributed by atoms with Crippen LogP contribution in [-0.2, 0) is 20.7 Å². The topological polar surface area (TPSA) is 99.1 Å². The fourth-order valence-corrected chi connectivity index (χ4v) is 7.41. The van der Waals surface area contributed by atoms with Gasteiger partial charge in [-0.25, -0.2) is 0 Å². The lowest BCUT2D eigenvalue weighted by atomic mass is 9.51. The summed E-state index contributed by atoms with van der Waals surface area (Å²) in [5.41, 5.74) is -1.26. The molecule has 0 amide bonds. The molecule has 2 unspecified atom stereocenters. The summed E-state index contributed by atoms with van der Waals surface area (Å²) in [7, 11) is 0. The Morgan fingerprint density at radius 1 is 1.07 bits per heavy atom. The third-order valence-corrected chi connectivity index (χ3v) is 9.23. The van der Waals surface area contributed by atoms with E-state index in [1.807, 2.05) is 53.7 Å². The number of ether oxygens (including phenoxy) is 3. The van der Waals surface area contributed by atoms with Crippen LogP contribution in [0.25, 0.3) is 6.08 Å². The van der Waals surface area contributed by atoms with E-state index in [1.165, 1.54) is 0 Å². The van der Waals surface area contributed by atoms with Crippen LogP contribution in [0.5, 0.6) is 17.2 Å². The van der Waals surface area contributed by atoms with Crippen molar-refractivity contribution in [2.75, 3.05) is 0 Å². The Morgan fingerprint density at radius 2 is 1.80 bits per heavy atom. The van der Waals surface area contributed by atoms with Gasteiger partial charge in [-0.15, -0.1) is 0 Å². The van der Waals surface area contributed by atoms with Gasteiger partial charge in [0.2, 0.25) is 0 Å². The van der Waals surface area contributed by atoms with Gasteiger partial charge < -0.3 is 19.3 Å². The minimum Gasteiger partial charge on any atom is -0.506 e. The van der Waals surface area contributed by atoms with E-state index in [-0.39, 0.29) is 41.0 Å². The van der Waals surface area contributed by atoms with Gasteiger partial charge in [-0.05, 0) is 79.0 Å². The molecule has 1 aromatic carbocycles. The number of aromatic hydroxyl groups is 1. The van der Waals surface area contributed by atoms with Crippen molar-refractivity contribution in [2.45, 2.75) is 90.1 Å². The molecule has 7 heteroatoms. The maximum atomic E-state index is 14.5. The zero-order valence-electron chi connectivity index (χ0n) is 24.1. The lowest BCUT2D eigenvalue weighted by molar-refractivity contribution is -0.171. The summed E-state index contributed by atoms with van der Waals surface area (Å²) in [6, 6.07) is 0. The number of hydrogen-bond acceptors (Lipinski definition) is 7. The zero-order chi connectivity index (χ0) is 29.0. The number of carbonyl (C=O) groups is 3. The molecule has 4 bridgehead atoms. The molecule has 210 valence electrons. The van der Waals surface area contributed by atoms with Crippen LogP contribution in [0, 0.1) is 11.8 Å². The van der Waals surface area contributed by atoms with Crippen molar-refractivity contribution in [3.8, 4) is 17.2 Å². The molecular formula is C33H36O7. The first-order chi connectivity index (χ1) is 18.7. The largest absolute Gasteiger partial charge is 0.506 e. The lowest BCUT2D eigenvalue weighted by Crippen LogP contribution is -2.72. The Kier molecular flexibility index (Phi) is 5.54. The number of benzene rings is 1. The highest BCUT2D eigenvalue weighted by molar-refractivity contribution is 6.19. The van der Waals surface area contributed by atoms with Crippen LogP contribution in [0.3, 0.4) is 0 Å². The first-order valence-corrected chi connectivity index (χ1v) is 13.9. The van der Waals surface area contributed by atoms with Crippen molar-refractivity contribution in [1.29, 1.82) is 0 Å². The quantitative estimate of drug-likeness (QED) is 0.292. The number of hydrogen-bond donors (Lipinski definition) is 1. The molecule has 6 aliphatic rings. The number of fused-ring (bicyclic) bond motifs is 2. The molecule has 1 N–H and O–H groups in total. The third kappa shape index (κ3) is 3.30. The normalized spacial score (nSPS) is 31.9. The van der Waals surface area contributed by atoms with Crippen molar-refractivity contribution < 1.29 is 33.7 Å². The number of allylic oxidation sites excluding steroid dienone is 4. The highest BCUT2D eigenvalue weighted by Crippen LogP contribution is 2.68. The fraction of sp³-hybridized carbons (Fsp3) is 0.485. The number of rotatable bonds is 5. The van der Waals surface area contributed by atoms with Crippen molar-refractivity contribution in [3.63, 3.8) is 0 Å². The van der Waals surface area contributed by atoms with Gasteiger partial charge in [0.25, 0.3) is 0 Å². The summed E-state index contributed by atoms with van der Waals surface area (Å²) < 4.78 is 20.2. The van der Waals surface area contributed by atoms with Gasteiger partial charge in [-0.2, -0.15) is 0 Å². The van der Waals surface area contributed by atoms with Crippen LogP contribution in [0.1, 0.15) is 82.8 Å². The van der Waals surface area contributed by atoms with Crippen LogP contribution in [-0.4, -0.2) is 45.4 Å². The van der Waals surface area contributed by atoms with E-state index in [9.17, 15) is 19.5 Å². The van der Waals surface area contributed by atoms with Crippen molar-refractivity contribution in [2.24, 2.45) is 11.8 Å². The van der Waals surface area contributed by atoms with Crippen LogP contribution >= 0.6 is 0 Å². The molecule has 1 saturated carbocycles. The molecule has 2 fully saturated rings. The van der Waals surface area contributed by atoms with Crippen LogP contribution in [0.15, 0.2) is 41.0 Å². The molecule has 3 heterocycles. The predicted molar refractivity (Wildman–Crippen MR) is 150 cm³/mol. The molecule has 7 nitrogen and oxygen atoms in total. The number of phenolic OH excluding ortho intramolecular Hbond substituents is 1. The number of phenols is 1. The van der Waals surface area contributed by atoms with Gasteiger partial charge in [0.05, 0.1) is 11.2 Å². The Labute approximate surface area is 234 Å². The summed E-state index contributed by atoms with van der Waals surface area (Å²) in [5, 5.41) is 11.5. The molecule has 1 saturated heterocycles. The SMILES string of the molecule is CC(C)=CCc1c2c(c(O)c3c1OC14C(=C[C@H]5CC1C(C)(C)O[C@]4(C/C=C(\C)C=O)C5=O)C3=O)C=CC(C)(C)O2. The average Bonchev–Trinajstić information content (AvgIpc) is 3.03. The minimum absolute atomic E-state index is 0.0905. The van der Waals surface area contributed by atoms with E-state index in [0.29, 0.717) is 40.9 Å². The maximum absolute atomic E-state index is 14.5. The zero-order valence-corrected chi connectivity index (χ0v) is 24.1. The van der Waals surface area contributed by atoms with E-state index >= 15 is 0 Å². The minimum atomic E-state index is -1.49. The maximum Gasteiger partial charge on any atom is 0.200 e. The standard InChI is InChI=1S/C33H36O7/c1-17(2)8-9-21-27-20(11-12-30(4,5)38-27)25(35)24-26(36)22-14-19-15-23-31(6,7)40-32(29(19)37,13-10-18(3)16-34)33(22,23)39-28(21)24/h8,10-12,14,16,19,23,35H,9,13,15H2,1-7H3/b18-10+/t19-,23?,32+,33?/m0/s1. The Balaban J connectivity index is 1.67. The number of aldehydes is 1. The van der Waals surface area contributed by atoms with Gasteiger partial charge >= 0.3 is 0 Å². The second-order valence-corrected chi connectivity index (χ2v) is 13.1. The molecule has 1 aromatic rings. The summed E-state index contributed by atoms with van der Waals surface area (Å²) in [4.78, 5) is 40.1. The van der Waals surface area contributed by atoms with Crippen molar-refractivity contribution >= 4 is 23.9 Å². The van der Waals surface area contributed by atoms with Gasteiger partial charge in [0, 0.05) is 29.4 Å². The van der Waals surface area contributed by atoms with Gasteiger partial charge in [0.15, 0.2) is 22.8 Å². The van der Waals surface area contributed by atoms with E-state index in [2.05, 4.69) is 0 Å². The van der Waals surface area contributed by atoms with Crippen molar-refractivity contribution in [1.82, 2.24) is 0 Å². The average molecular weight is 545 g/mol. The van der Waals surface area contributed by atoms with Crippen LogP contribution in [0.4, 0.5) is 0 Å². The van der Waals surface area contributed by atoms with Gasteiger partial charge in [-0.3, -0.25) is 14.4 Å². The molecule has 4 atom stereocenters. The highest BCUT2D eigenvalue weighted by atomic mass is 16.6. The Hall–Kier alpha value is -3.45. The lowest BCUT2D eigenvalue weighted by Gasteiger charge is -2.56. The molecule has 3 aliphatic carbocycles. The van der Waals surface area contributed by atoms with E-state index < -0.39 is 28.3 Å². The number of carbonyl (C=O) groups excluding carboxylic acids is 3. The second-order valence-electron chi connectivity index (χ2n) is 13.1. The van der Waals surface area contributed by atoms with Crippen LogP contribution < -0.4 is 9.47 Å². The predicted octanol–water partition coefficient (Wildman–Crippen LogP) is 5.63. The van der Waals surface area contributed by atoms with Crippen molar-refractivity contribution in [3.05, 3.63) is 57.7 Å². The van der Waals surface area contributed by atoms with Gasteiger partial charge in [0.1, 0.15) is 34.7 Å². The summed E-state index contributed by atoms with van der Waals surface area (Å²) in [6.45, 7) is 13.4. The molecule has 40 heavy (non-hydrogen) atoms. The molecule has 7 rings (SSSR count). The molecule has 3 aliphatic heterocycles. The van der Waals surface area contributed by atoms with E-state index in [4.69, 9.17) is 14.2 Å². The summed E-state index contributed by atoms with van der Waals surface area (Å²) in [5.74, 6) is -0.814. The molecule has 0 aromatic heterocycles. The Bertz CT molecular complexity index is 1510.